The number of carbonyl (C=O) groups is 3. The van der Waals surface area contributed by atoms with Crippen LogP contribution in [0.2, 0.25) is 0 Å². The quantitative estimate of drug-likeness (QED) is 0.643. The van der Waals surface area contributed by atoms with E-state index in [0.717, 1.165) is 0 Å². The molecule has 2 rings (SSSR count). The van der Waals surface area contributed by atoms with Crippen LogP contribution in [0.4, 0.5) is 0 Å². The van der Waals surface area contributed by atoms with E-state index in [1.54, 1.807) is 51.1 Å². The van der Waals surface area contributed by atoms with Crippen LogP contribution < -0.4 is 0 Å². The Labute approximate surface area is 146 Å². The molecular formula is C19H21NO5. The van der Waals surface area contributed by atoms with Crippen molar-refractivity contribution in [3.8, 4) is 0 Å². The molecule has 1 aromatic carbocycles. The molecule has 0 spiro atoms. The summed E-state index contributed by atoms with van der Waals surface area (Å²) in [6.07, 6.45) is -0.936. The first-order valence-electron chi connectivity index (χ1n) is 8.03. The standard InChI is InChI=1S/C19H21NO5/c1-5-24-19(23)16-11(2)15(12(3)20-16)18(22)25-13(4)17(21)14-9-7-6-8-10-14/h6-10,13,20H,5H2,1-4H3/t13-/m0/s1. The maximum absolute atomic E-state index is 12.5. The zero-order valence-electron chi connectivity index (χ0n) is 14.7. The third-order valence-corrected chi connectivity index (χ3v) is 3.83. The predicted molar refractivity (Wildman–Crippen MR) is 91.9 cm³/mol. The third kappa shape index (κ3) is 3.96. The van der Waals surface area contributed by atoms with E-state index in [-0.39, 0.29) is 23.6 Å². The number of aromatic amines is 1. The van der Waals surface area contributed by atoms with Crippen LogP contribution in [-0.2, 0) is 9.47 Å². The number of H-pyrrole nitrogens is 1. The number of aryl methyl sites for hydroxylation is 1. The van der Waals surface area contributed by atoms with Gasteiger partial charge >= 0.3 is 11.9 Å². The van der Waals surface area contributed by atoms with Crippen molar-refractivity contribution < 1.29 is 23.9 Å². The molecule has 0 radical (unpaired) electrons. The lowest BCUT2D eigenvalue weighted by molar-refractivity contribution is 0.0317. The van der Waals surface area contributed by atoms with E-state index in [0.29, 0.717) is 16.8 Å². The molecular weight excluding hydrogens is 322 g/mol. The second-order valence-corrected chi connectivity index (χ2v) is 5.62. The first-order chi connectivity index (χ1) is 11.9. The Balaban J connectivity index is 2.18. The summed E-state index contributed by atoms with van der Waals surface area (Å²) in [7, 11) is 0. The van der Waals surface area contributed by atoms with Gasteiger partial charge in [-0.15, -0.1) is 0 Å². The molecule has 0 unspecified atom stereocenters. The highest BCUT2D eigenvalue weighted by Crippen LogP contribution is 2.21. The van der Waals surface area contributed by atoms with Crippen molar-refractivity contribution in [1.29, 1.82) is 0 Å². The fourth-order valence-electron chi connectivity index (χ4n) is 2.57. The molecule has 0 saturated carbocycles. The van der Waals surface area contributed by atoms with Crippen LogP contribution in [0.3, 0.4) is 0 Å². The highest BCUT2D eigenvalue weighted by Gasteiger charge is 2.26. The number of aromatic nitrogens is 1. The van der Waals surface area contributed by atoms with Gasteiger partial charge in [0.25, 0.3) is 0 Å². The monoisotopic (exact) mass is 343 g/mol. The summed E-state index contributed by atoms with van der Waals surface area (Å²) >= 11 is 0. The molecule has 0 saturated heterocycles. The van der Waals surface area contributed by atoms with Crippen LogP contribution in [0, 0.1) is 13.8 Å². The number of carbonyl (C=O) groups excluding carboxylic acids is 3. The summed E-state index contributed by atoms with van der Waals surface area (Å²) in [5, 5.41) is 0. The fourth-order valence-corrected chi connectivity index (χ4v) is 2.57. The lowest BCUT2D eigenvalue weighted by atomic mass is 10.1. The fraction of sp³-hybridized carbons (Fsp3) is 0.316. The molecule has 6 nitrogen and oxygen atoms in total. The minimum Gasteiger partial charge on any atom is -0.461 e. The topological polar surface area (TPSA) is 85.5 Å². The molecule has 25 heavy (non-hydrogen) atoms. The largest absolute Gasteiger partial charge is 0.461 e. The number of ether oxygens (including phenoxy) is 2. The van der Waals surface area contributed by atoms with Crippen LogP contribution in [-0.4, -0.2) is 35.4 Å². The van der Waals surface area contributed by atoms with Crippen LogP contribution in [0.15, 0.2) is 30.3 Å². The Bertz CT molecular complexity index is 792. The van der Waals surface area contributed by atoms with E-state index in [1.165, 1.54) is 6.92 Å². The van der Waals surface area contributed by atoms with Gasteiger partial charge in [0.2, 0.25) is 5.78 Å². The summed E-state index contributed by atoms with van der Waals surface area (Å²) in [4.78, 5) is 39.6. The second kappa shape index (κ2) is 7.79. The van der Waals surface area contributed by atoms with Crippen molar-refractivity contribution in [1.82, 2.24) is 4.98 Å². The molecule has 1 atom stereocenters. The Morgan fingerprint density at radius 1 is 1.08 bits per heavy atom. The van der Waals surface area contributed by atoms with Crippen LogP contribution in [0.5, 0.6) is 0 Å². The Kier molecular flexibility index (Phi) is 5.75. The van der Waals surface area contributed by atoms with E-state index in [1.807, 2.05) is 0 Å². The minimum atomic E-state index is -0.936. The highest BCUT2D eigenvalue weighted by molar-refractivity contribution is 6.03. The summed E-state index contributed by atoms with van der Waals surface area (Å²) in [5.74, 6) is -1.47. The Morgan fingerprint density at radius 3 is 2.32 bits per heavy atom. The lowest BCUT2D eigenvalue weighted by Crippen LogP contribution is -2.25. The number of ketones is 1. The Morgan fingerprint density at radius 2 is 1.72 bits per heavy atom. The minimum absolute atomic E-state index is 0.216. The molecule has 2 aromatic rings. The van der Waals surface area contributed by atoms with Gasteiger partial charge in [-0.2, -0.15) is 0 Å². The number of rotatable bonds is 6. The number of hydrogen-bond donors (Lipinski definition) is 1. The summed E-state index contributed by atoms with van der Waals surface area (Å²) in [6, 6.07) is 8.62. The average molecular weight is 343 g/mol. The summed E-state index contributed by atoms with van der Waals surface area (Å²) < 4.78 is 10.3. The van der Waals surface area contributed by atoms with Crippen molar-refractivity contribution >= 4 is 17.7 Å². The molecule has 0 aliphatic heterocycles. The van der Waals surface area contributed by atoms with E-state index in [2.05, 4.69) is 4.98 Å². The van der Waals surface area contributed by atoms with Crippen molar-refractivity contribution in [3.63, 3.8) is 0 Å². The SMILES string of the molecule is CCOC(=O)c1[nH]c(C)c(C(=O)O[C@@H](C)C(=O)c2ccccc2)c1C. The van der Waals surface area contributed by atoms with Gasteiger partial charge in [-0.25, -0.2) is 9.59 Å². The van der Waals surface area contributed by atoms with Gasteiger partial charge in [0.05, 0.1) is 12.2 Å². The van der Waals surface area contributed by atoms with E-state index >= 15 is 0 Å². The number of hydrogen-bond acceptors (Lipinski definition) is 5. The van der Waals surface area contributed by atoms with Crippen molar-refractivity contribution in [3.05, 3.63) is 58.4 Å². The van der Waals surface area contributed by atoms with Gasteiger partial charge < -0.3 is 14.5 Å². The predicted octanol–water partition coefficient (Wildman–Crippen LogP) is 3.24. The molecule has 132 valence electrons. The molecule has 0 amide bonds. The molecule has 6 heteroatoms. The van der Waals surface area contributed by atoms with Gasteiger partial charge in [-0.3, -0.25) is 4.79 Å². The summed E-state index contributed by atoms with van der Waals surface area (Å²) in [5.41, 5.74) is 1.87. The number of benzene rings is 1. The second-order valence-electron chi connectivity index (χ2n) is 5.62. The maximum Gasteiger partial charge on any atom is 0.355 e. The van der Waals surface area contributed by atoms with Crippen LogP contribution in [0.25, 0.3) is 0 Å². The van der Waals surface area contributed by atoms with Gasteiger partial charge in [0.15, 0.2) is 6.10 Å². The molecule has 0 aliphatic carbocycles. The number of esters is 2. The molecule has 0 aliphatic rings. The summed E-state index contributed by atoms with van der Waals surface area (Å²) in [6.45, 7) is 6.76. The van der Waals surface area contributed by atoms with E-state index < -0.39 is 18.0 Å². The van der Waals surface area contributed by atoms with Gasteiger partial charge in [0, 0.05) is 11.3 Å². The maximum atomic E-state index is 12.5. The van der Waals surface area contributed by atoms with Gasteiger partial charge in [-0.05, 0) is 33.3 Å². The van der Waals surface area contributed by atoms with Crippen molar-refractivity contribution in [2.75, 3.05) is 6.61 Å². The molecule has 0 bridgehead atoms. The van der Waals surface area contributed by atoms with Gasteiger partial charge in [0.1, 0.15) is 5.69 Å². The zero-order chi connectivity index (χ0) is 18.6. The lowest BCUT2D eigenvalue weighted by Gasteiger charge is -2.12. The smallest absolute Gasteiger partial charge is 0.355 e. The Hall–Kier alpha value is -2.89. The van der Waals surface area contributed by atoms with E-state index in [4.69, 9.17) is 9.47 Å². The molecule has 0 fully saturated rings. The third-order valence-electron chi connectivity index (χ3n) is 3.83. The average Bonchev–Trinajstić information content (AvgIpc) is 2.89. The number of Topliss-reactive ketones (excluding diaryl/α,β-unsaturated/α-hetero) is 1. The first kappa shape index (κ1) is 18.4. The van der Waals surface area contributed by atoms with Gasteiger partial charge in [-0.1, -0.05) is 30.3 Å². The molecule has 1 heterocycles. The zero-order valence-corrected chi connectivity index (χ0v) is 14.7. The van der Waals surface area contributed by atoms with E-state index in [9.17, 15) is 14.4 Å². The van der Waals surface area contributed by atoms with Crippen LogP contribution >= 0.6 is 0 Å². The van der Waals surface area contributed by atoms with Crippen molar-refractivity contribution in [2.45, 2.75) is 33.8 Å². The highest BCUT2D eigenvalue weighted by atomic mass is 16.5. The number of nitrogens with one attached hydrogen (secondary N) is 1. The molecule has 1 aromatic heterocycles. The van der Waals surface area contributed by atoms with Crippen molar-refractivity contribution in [2.24, 2.45) is 0 Å². The van der Waals surface area contributed by atoms with Crippen LogP contribution in [0.1, 0.15) is 56.3 Å². The first-order valence-corrected chi connectivity index (χ1v) is 8.03. The normalized spacial score (nSPS) is 11.7. The molecule has 1 N–H and O–H groups in total.